The van der Waals surface area contributed by atoms with E-state index < -0.39 is 32.5 Å². The molecule has 0 aromatic heterocycles. The fourth-order valence-corrected chi connectivity index (χ4v) is 6.40. The fourth-order valence-electron chi connectivity index (χ4n) is 5.67. The molecule has 53 heavy (non-hydrogen) atoms. The molecule has 0 aromatic carbocycles. The Morgan fingerprint density at radius 2 is 1.19 bits per heavy atom. The molecule has 0 amide bonds. The van der Waals surface area contributed by atoms with Gasteiger partial charge in [-0.3, -0.25) is 14.2 Å². The van der Waals surface area contributed by atoms with E-state index in [1.165, 1.54) is 64.2 Å². The number of likely N-dealkylation sites (N-methyl/N-ethyl adjacent to an activating group) is 1. The summed E-state index contributed by atoms with van der Waals surface area (Å²) in [5, 5.41) is 9.93. The highest BCUT2D eigenvalue weighted by molar-refractivity contribution is 7.45. The summed E-state index contributed by atoms with van der Waals surface area (Å²) in [6, 6.07) is 0. The first-order valence-corrected chi connectivity index (χ1v) is 22.6. The number of allylic oxidation sites excluding steroid dienone is 3. The average Bonchev–Trinajstić information content (AvgIpc) is 3.09. The number of quaternary nitrogens is 1. The summed E-state index contributed by atoms with van der Waals surface area (Å²) in [6.45, 7) is 4.06. The Hall–Kier alpha value is -1.55. The van der Waals surface area contributed by atoms with Gasteiger partial charge in [-0.15, -0.1) is 0 Å². The Morgan fingerprint density at radius 1 is 0.679 bits per heavy atom. The van der Waals surface area contributed by atoms with Crippen molar-refractivity contribution in [3.05, 3.63) is 24.3 Å². The van der Waals surface area contributed by atoms with Crippen LogP contribution in [0.15, 0.2) is 24.3 Å². The van der Waals surface area contributed by atoms with Gasteiger partial charge in [0.05, 0.1) is 33.9 Å². The number of carbonyl (C=O) groups excluding carboxylic acids is 2. The van der Waals surface area contributed by atoms with Gasteiger partial charge >= 0.3 is 11.9 Å². The van der Waals surface area contributed by atoms with Crippen molar-refractivity contribution in [3.63, 3.8) is 0 Å². The van der Waals surface area contributed by atoms with Gasteiger partial charge in [0.25, 0.3) is 7.82 Å². The molecule has 0 aliphatic carbocycles. The highest BCUT2D eigenvalue weighted by Crippen LogP contribution is 2.38. The van der Waals surface area contributed by atoms with E-state index in [0.29, 0.717) is 17.4 Å². The van der Waals surface area contributed by atoms with Crippen LogP contribution in [0.5, 0.6) is 0 Å². The van der Waals surface area contributed by atoms with E-state index in [-0.39, 0.29) is 32.2 Å². The van der Waals surface area contributed by atoms with Crippen LogP contribution in [0.2, 0.25) is 0 Å². The van der Waals surface area contributed by atoms with Crippen LogP contribution < -0.4 is 4.89 Å². The highest BCUT2D eigenvalue weighted by atomic mass is 31.2. The van der Waals surface area contributed by atoms with Crippen molar-refractivity contribution in [1.29, 1.82) is 0 Å². The number of unbranched alkanes of at least 4 members (excludes halogenated alkanes) is 19. The monoisotopic (exact) mass is 774 g/mol. The minimum Gasteiger partial charge on any atom is -0.756 e. The van der Waals surface area contributed by atoms with Crippen LogP contribution in [0.25, 0.3) is 0 Å². The molecular weight excluding hydrogens is 693 g/mol. The Bertz CT molecular complexity index is 982. The minimum absolute atomic E-state index is 0.0422. The summed E-state index contributed by atoms with van der Waals surface area (Å²) in [5.41, 5.74) is 0. The second-order valence-corrected chi connectivity index (χ2v) is 17.0. The Labute approximate surface area is 324 Å². The number of nitrogens with zero attached hydrogens (tertiary/aromatic N) is 1. The van der Waals surface area contributed by atoms with Gasteiger partial charge in [-0.05, 0) is 32.1 Å². The quantitative estimate of drug-likeness (QED) is 0.0214. The van der Waals surface area contributed by atoms with Gasteiger partial charge in [0, 0.05) is 12.8 Å². The van der Waals surface area contributed by atoms with Crippen molar-refractivity contribution in [2.75, 3.05) is 47.5 Å². The zero-order chi connectivity index (χ0) is 39.5. The van der Waals surface area contributed by atoms with Gasteiger partial charge in [-0.2, -0.15) is 0 Å². The number of aliphatic hydroxyl groups is 1. The highest BCUT2D eigenvalue weighted by Gasteiger charge is 2.21. The molecule has 0 radical (unpaired) electrons. The third-order valence-electron chi connectivity index (χ3n) is 9.08. The van der Waals surface area contributed by atoms with E-state index in [2.05, 4.69) is 19.9 Å². The molecule has 1 N–H and O–H groups in total. The zero-order valence-corrected chi connectivity index (χ0v) is 35.5. The number of esters is 2. The SMILES string of the molecule is CCCCCCCCCCCCCCCC(=O)OCC(COP(=O)([O-])OCC[N+](C)(C)C)OC(=O)CCCCCCCC=CC=CC(O)CCCCC. The van der Waals surface area contributed by atoms with E-state index in [9.17, 15) is 24.2 Å². The molecule has 0 saturated carbocycles. The van der Waals surface area contributed by atoms with E-state index >= 15 is 0 Å². The van der Waals surface area contributed by atoms with Crippen molar-refractivity contribution >= 4 is 19.8 Å². The second-order valence-electron chi connectivity index (χ2n) is 15.6. The maximum Gasteiger partial charge on any atom is 0.306 e. The van der Waals surface area contributed by atoms with Crippen molar-refractivity contribution in [1.82, 2.24) is 0 Å². The molecule has 0 aliphatic heterocycles. The third-order valence-corrected chi connectivity index (χ3v) is 10.0. The standard InChI is InChI=1S/C42H80NO9P/c1-6-8-10-11-12-13-14-15-16-19-22-25-29-33-41(45)49-37-40(38-51-53(47,48)50-36-35-43(3,4)5)52-42(46)34-30-26-23-20-17-18-21-24-28-32-39(44)31-27-9-7-2/h21,24,28,32,39-40,44H,6-20,22-23,25-27,29-31,33-38H2,1-5H3. The van der Waals surface area contributed by atoms with Crippen molar-refractivity contribution < 1.29 is 47.2 Å². The first-order chi connectivity index (χ1) is 25.4. The summed E-state index contributed by atoms with van der Waals surface area (Å²) >= 11 is 0. The Balaban J connectivity index is 4.45. The molecule has 0 rings (SSSR count). The predicted octanol–water partition coefficient (Wildman–Crippen LogP) is 9.91. The summed E-state index contributed by atoms with van der Waals surface area (Å²) in [5.74, 6) is -0.881. The van der Waals surface area contributed by atoms with Crippen molar-refractivity contribution in [2.24, 2.45) is 0 Å². The molecule has 0 saturated heterocycles. The lowest BCUT2D eigenvalue weighted by atomic mass is 10.0. The largest absolute Gasteiger partial charge is 0.756 e. The molecule has 3 unspecified atom stereocenters. The number of phosphoric acid groups is 1. The van der Waals surface area contributed by atoms with Crippen molar-refractivity contribution in [3.8, 4) is 0 Å². The molecule has 0 spiro atoms. The number of rotatable bonds is 38. The van der Waals surface area contributed by atoms with Crippen LogP contribution in [0.3, 0.4) is 0 Å². The number of aliphatic hydroxyl groups excluding tert-OH is 1. The molecule has 3 atom stereocenters. The normalized spacial score (nSPS) is 14.5. The van der Waals surface area contributed by atoms with E-state index in [1.807, 2.05) is 39.4 Å². The van der Waals surface area contributed by atoms with Gasteiger partial charge in [0.2, 0.25) is 0 Å². The number of hydrogen-bond donors (Lipinski definition) is 1. The van der Waals surface area contributed by atoms with Gasteiger partial charge in [0.1, 0.15) is 19.8 Å². The van der Waals surface area contributed by atoms with Gasteiger partial charge in [-0.25, -0.2) is 0 Å². The molecule has 10 nitrogen and oxygen atoms in total. The number of hydrogen-bond acceptors (Lipinski definition) is 9. The number of carbonyl (C=O) groups is 2. The summed E-state index contributed by atoms with van der Waals surface area (Å²) in [6.07, 6.45) is 32.4. The van der Waals surface area contributed by atoms with E-state index in [0.717, 1.165) is 77.0 Å². The lowest BCUT2D eigenvalue weighted by molar-refractivity contribution is -0.870. The predicted molar refractivity (Wildman–Crippen MR) is 214 cm³/mol. The smallest absolute Gasteiger partial charge is 0.306 e. The lowest BCUT2D eigenvalue weighted by Crippen LogP contribution is -2.37. The van der Waals surface area contributed by atoms with Crippen LogP contribution in [-0.4, -0.2) is 81.2 Å². The average molecular weight is 774 g/mol. The first-order valence-electron chi connectivity index (χ1n) is 21.2. The fraction of sp³-hybridized carbons (Fsp3) is 0.857. The van der Waals surface area contributed by atoms with Gasteiger partial charge in [0.15, 0.2) is 6.10 Å². The third kappa shape index (κ3) is 38.5. The number of phosphoric ester groups is 1. The summed E-state index contributed by atoms with van der Waals surface area (Å²) in [7, 11) is 1.12. The topological polar surface area (TPSA) is 131 Å². The molecule has 0 aromatic rings. The molecule has 0 fully saturated rings. The summed E-state index contributed by atoms with van der Waals surface area (Å²) < 4.78 is 33.8. The van der Waals surface area contributed by atoms with Crippen LogP contribution in [0, 0.1) is 0 Å². The Kier molecular flexibility index (Phi) is 33.9. The van der Waals surface area contributed by atoms with E-state index in [4.69, 9.17) is 18.5 Å². The van der Waals surface area contributed by atoms with Crippen LogP contribution >= 0.6 is 7.82 Å². The van der Waals surface area contributed by atoms with E-state index in [1.54, 1.807) is 0 Å². The Morgan fingerprint density at radius 3 is 1.75 bits per heavy atom. The molecule has 11 heteroatoms. The lowest BCUT2D eigenvalue weighted by Gasteiger charge is -2.28. The molecule has 0 heterocycles. The van der Waals surface area contributed by atoms with Crippen LogP contribution in [0.4, 0.5) is 0 Å². The van der Waals surface area contributed by atoms with Crippen LogP contribution in [-0.2, 0) is 32.7 Å². The summed E-state index contributed by atoms with van der Waals surface area (Å²) in [4.78, 5) is 37.4. The second kappa shape index (κ2) is 34.9. The van der Waals surface area contributed by atoms with Crippen LogP contribution in [0.1, 0.15) is 174 Å². The molecule has 0 bridgehead atoms. The molecule has 312 valence electrons. The van der Waals surface area contributed by atoms with Crippen molar-refractivity contribution in [2.45, 2.75) is 187 Å². The maximum absolute atomic E-state index is 12.6. The zero-order valence-electron chi connectivity index (χ0n) is 34.6. The molecule has 0 aliphatic rings. The first kappa shape index (κ1) is 51.5. The minimum atomic E-state index is -4.64. The van der Waals surface area contributed by atoms with Gasteiger partial charge in [-0.1, -0.05) is 154 Å². The molecular formula is C42H80NO9P. The van der Waals surface area contributed by atoms with Gasteiger partial charge < -0.3 is 33.0 Å². The number of ether oxygens (including phenoxy) is 2. The maximum atomic E-state index is 12.6.